The van der Waals surface area contributed by atoms with Gasteiger partial charge >= 0.3 is 23.9 Å². The number of ether oxygens (including phenoxy) is 2. The van der Waals surface area contributed by atoms with Crippen molar-refractivity contribution in [3.63, 3.8) is 0 Å². The second-order valence-electron chi connectivity index (χ2n) is 24.3. The molecule has 5 N–H and O–H groups in total. The van der Waals surface area contributed by atoms with Crippen molar-refractivity contribution in [1.82, 2.24) is 35.7 Å². The Kier molecular flexibility index (Phi) is 30.1. The van der Waals surface area contributed by atoms with Crippen LogP contribution >= 0.6 is 22.7 Å². The molecule has 0 spiro atoms. The van der Waals surface area contributed by atoms with Gasteiger partial charge in [0.1, 0.15) is 15.7 Å². The van der Waals surface area contributed by atoms with Gasteiger partial charge < -0.3 is 45.4 Å². The zero-order valence-corrected chi connectivity index (χ0v) is 54.6. The van der Waals surface area contributed by atoms with E-state index in [4.69, 9.17) is 9.47 Å². The first-order valence-corrected chi connectivity index (χ1v) is 32.5. The van der Waals surface area contributed by atoms with Crippen molar-refractivity contribution in [2.24, 2.45) is 41.4 Å². The molecule has 3 amide bonds. The third kappa shape index (κ3) is 22.3. The van der Waals surface area contributed by atoms with E-state index in [-0.39, 0.29) is 115 Å². The van der Waals surface area contributed by atoms with E-state index < -0.39 is 65.8 Å². The summed E-state index contributed by atoms with van der Waals surface area (Å²) in [5, 5.41) is 32.2. The van der Waals surface area contributed by atoms with Gasteiger partial charge in [-0.2, -0.15) is 0 Å². The minimum atomic E-state index is -1.15. The van der Waals surface area contributed by atoms with Gasteiger partial charge in [0.25, 0.3) is 5.91 Å². The number of carboxylic acid groups (broad SMARTS) is 2. The molecule has 3 aromatic rings. The molecule has 1 unspecified atom stereocenters. The lowest BCUT2D eigenvalue weighted by molar-refractivity contribution is -0.150. The zero-order valence-electron chi connectivity index (χ0n) is 52.9. The topological polar surface area (TPSA) is 281 Å². The Balaban J connectivity index is 0.000000389. The number of nitrogens with one attached hydrogen (secondary N) is 3. The first kappa shape index (κ1) is 72.5. The standard InChI is InChI=1S/C38H56N4O7S.C26H41N3O6S/c1-8-24(4)29(20-33(44)30-16-12-13-17-39-30)37(46)42(7)32(23(2)3)21-34(49-26(6)43)36-41-31(22-50-36)35(45)40-28(18-25(5)38(47)48)19-27-14-10-9-11-15-27;1-7-16(4)18(12-22(31)19-10-8-9-11-27-19)25(32)29(6)21(15(2)3)13-23(35-17(5)30)24-28-20(14-36-24)26(33)34/h9-11,14-15,22-25,28-30,32,34,39H,8,12-13,16-21H2,1-7H3,(H,40,45)(H,47,48);14-16,18-19,21,23,27H,7-13H2,1-6H3,(H,33,34)/t24-,25-,28?,29-,30+,32+,34+;16-,18-,19+,21+,23+/m00/s1. The van der Waals surface area contributed by atoms with Crippen LogP contribution in [0.3, 0.4) is 0 Å². The van der Waals surface area contributed by atoms with Crippen molar-refractivity contribution >= 4 is 75.8 Å². The van der Waals surface area contributed by atoms with Gasteiger partial charge in [0.15, 0.2) is 29.5 Å². The Morgan fingerprint density at radius 2 is 1.07 bits per heavy atom. The van der Waals surface area contributed by atoms with Gasteiger partial charge in [-0.1, -0.05) is 118 Å². The van der Waals surface area contributed by atoms with Crippen LogP contribution < -0.4 is 16.0 Å². The molecule has 22 heteroatoms. The molecule has 12 atom stereocenters. The first-order chi connectivity index (χ1) is 40.7. The number of thiazole rings is 2. The van der Waals surface area contributed by atoms with Crippen molar-refractivity contribution in [2.75, 3.05) is 27.2 Å². The molecule has 1 aromatic carbocycles. The molecule has 2 aliphatic heterocycles. The Labute approximate surface area is 517 Å². The summed E-state index contributed by atoms with van der Waals surface area (Å²) in [5.41, 5.74) is 0.998. The van der Waals surface area contributed by atoms with Crippen LogP contribution in [-0.4, -0.2) is 141 Å². The molecule has 2 aliphatic rings. The van der Waals surface area contributed by atoms with Crippen LogP contribution in [0.5, 0.6) is 0 Å². The highest BCUT2D eigenvalue weighted by molar-refractivity contribution is 7.10. The Morgan fingerprint density at radius 3 is 1.43 bits per heavy atom. The van der Waals surface area contributed by atoms with Crippen LogP contribution in [0.1, 0.15) is 208 Å². The molecule has 20 nitrogen and oxygen atoms in total. The van der Waals surface area contributed by atoms with E-state index in [1.807, 2.05) is 85.7 Å². The predicted molar refractivity (Wildman–Crippen MR) is 331 cm³/mol. The summed E-state index contributed by atoms with van der Waals surface area (Å²) >= 11 is 2.31. The van der Waals surface area contributed by atoms with E-state index >= 15 is 0 Å². The lowest BCUT2D eigenvalue weighted by Crippen LogP contribution is -2.48. The number of carbonyl (C=O) groups excluding carboxylic acids is 7. The number of aromatic nitrogens is 2. The van der Waals surface area contributed by atoms with Gasteiger partial charge in [-0.05, 0) is 80.8 Å². The van der Waals surface area contributed by atoms with Crippen molar-refractivity contribution in [1.29, 1.82) is 0 Å². The van der Waals surface area contributed by atoms with Crippen molar-refractivity contribution in [3.8, 4) is 0 Å². The molecule has 2 saturated heterocycles. The molecule has 0 radical (unpaired) electrons. The third-order valence-corrected chi connectivity index (χ3v) is 18.9. The smallest absolute Gasteiger partial charge is 0.355 e. The molecule has 2 aromatic heterocycles. The largest absolute Gasteiger partial charge is 0.481 e. The lowest BCUT2D eigenvalue weighted by atomic mass is 9.83. The maximum Gasteiger partial charge on any atom is 0.355 e. The van der Waals surface area contributed by atoms with Crippen LogP contribution in [-0.2, 0) is 49.5 Å². The van der Waals surface area contributed by atoms with Crippen LogP contribution in [0.4, 0.5) is 0 Å². The fraction of sp³-hybridized carbons (Fsp3) is 0.672. The van der Waals surface area contributed by atoms with E-state index in [0.717, 1.165) is 81.4 Å². The van der Waals surface area contributed by atoms with E-state index in [0.29, 0.717) is 16.4 Å². The van der Waals surface area contributed by atoms with Crippen molar-refractivity contribution in [3.05, 3.63) is 68.1 Å². The van der Waals surface area contributed by atoms with Crippen LogP contribution in [0, 0.1) is 41.4 Å². The van der Waals surface area contributed by atoms with Gasteiger partial charge in [-0.3, -0.25) is 38.4 Å². The maximum atomic E-state index is 14.1. The Morgan fingerprint density at radius 1 is 0.640 bits per heavy atom. The SMILES string of the molecule is CC[C@H](C)[C@H](CC(=O)[C@H]1CCCCN1)C(=O)N(C)[C@H](C[C@@H](OC(C)=O)c1nc(C(=O)NC(Cc2ccccc2)C[C@H](C)C(=O)O)cs1)C(C)C.CC[C@H](C)[C@H](CC(=O)[C@H]1CCCCN1)C(=O)N(C)[C@H](C[C@@H](OC(C)=O)c1nc(C(=O)O)cs1)C(C)C. The summed E-state index contributed by atoms with van der Waals surface area (Å²) in [4.78, 5) is 127. The average Bonchev–Trinajstić information content (AvgIpc) is 2.91. The molecule has 4 heterocycles. The van der Waals surface area contributed by atoms with Crippen LogP contribution in [0.15, 0.2) is 41.1 Å². The molecule has 86 heavy (non-hydrogen) atoms. The number of Topliss-reactive ketones (excluding diaryl/α,β-unsaturated/α-hetero) is 2. The number of rotatable bonds is 32. The first-order valence-electron chi connectivity index (χ1n) is 30.8. The number of hydrogen-bond acceptors (Lipinski definition) is 17. The normalized spacial score (nSPS) is 18.7. The van der Waals surface area contributed by atoms with Crippen LogP contribution in [0.2, 0.25) is 0 Å². The monoisotopic (exact) mass is 1240 g/mol. The lowest BCUT2D eigenvalue weighted by Gasteiger charge is -2.37. The second kappa shape index (κ2) is 35.7. The predicted octanol–water partition coefficient (Wildman–Crippen LogP) is 9.92. The van der Waals surface area contributed by atoms with E-state index in [1.165, 1.54) is 30.6 Å². The molecular formula is C64H97N7O13S2. The molecule has 0 bridgehead atoms. The summed E-state index contributed by atoms with van der Waals surface area (Å²) in [6.07, 6.45) is 7.24. The fourth-order valence-corrected chi connectivity index (χ4v) is 13.1. The molecular weight excluding hydrogens is 1140 g/mol. The number of aromatic carboxylic acids is 1. The molecule has 0 aliphatic carbocycles. The average molecular weight is 1240 g/mol. The van der Waals surface area contributed by atoms with Gasteiger partial charge in [0.05, 0.1) is 18.0 Å². The van der Waals surface area contributed by atoms with E-state index in [2.05, 4.69) is 25.9 Å². The molecule has 478 valence electrons. The van der Waals surface area contributed by atoms with Crippen LogP contribution in [0.25, 0.3) is 0 Å². The number of carboxylic acids is 2. The summed E-state index contributed by atoms with van der Waals surface area (Å²) in [6, 6.07) is 8.03. The number of ketones is 2. The van der Waals surface area contributed by atoms with Gasteiger partial charge in [0, 0.05) is 94.3 Å². The maximum absolute atomic E-state index is 14.1. The quantitative estimate of drug-likeness (QED) is 0.0363. The van der Waals surface area contributed by atoms with Gasteiger partial charge in [-0.25, -0.2) is 14.8 Å². The number of amides is 3. The number of carbonyl (C=O) groups is 9. The minimum Gasteiger partial charge on any atom is -0.481 e. The fourth-order valence-electron chi connectivity index (χ4n) is 11.4. The van der Waals surface area contributed by atoms with E-state index in [9.17, 15) is 53.4 Å². The van der Waals surface area contributed by atoms with Gasteiger partial charge in [-0.15, -0.1) is 22.7 Å². The highest BCUT2D eigenvalue weighted by Gasteiger charge is 2.39. The summed E-state index contributed by atoms with van der Waals surface area (Å²) in [6.45, 7) is 21.9. The third-order valence-electron chi connectivity index (χ3n) is 17.1. The summed E-state index contributed by atoms with van der Waals surface area (Å²) < 4.78 is 11.3. The Bertz CT molecular complexity index is 2690. The Hall–Kier alpha value is -5.97. The number of esters is 2. The number of benzene rings is 1. The second-order valence-corrected chi connectivity index (χ2v) is 26.1. The zero-order chi connectivity index (χ0) is 63.9. The summed E-state index contributed by atoms with van der Waals surface area (Å²) in [5.74, 6) is -5.17. The van der Waals surface area contributed by atoms with Crippen molar-refractivity contribution in [2.45, 2.75) is 208 Å². The molecule has 0 saturated carbocycles. The highest BCUT2D eigenvalue weighted by Crippen LogP contribution is 2.35. The number of aliphatic carboxylic acids is 1. The van der Waals surface area contributed by atoms with Gasteiger partial charge in [0.2, 0.25) is 11.8 Å². The van der Waals surface area contributed by atoms with E-state index in [1.54, 1.807) is 36.2 Å². The highest BCUT2D eigenvalue weighted by atomic mass is 32.1. The number of hydrogen-bond donors (Lipinski definition) is 5. The number of nitrogens with zero attached hydrogens (tertiary/aromatic N) is 4. The molecule has 2 fully saturated rings. The molecule has 5 rings (SSSR count). The number of piperidine rings is 2. The minimum absolute atomic E-state index is 0.00111. The van der Waals surface area contributed by atoms with Crippen molar-refractivity contribution < 1.29 is 62.8 Å². The summed E-state index contributed by atoms with van der Waals surface area (Å²) in [7, 11) is 3.49.